The van der Waals surface area contributed by atoms with Crippen LogP contribution in [0, 0.1) is 5.92 Å². The van der Waals surface area contributed by atoms with Crippen molar-refractivity contribution in [3.63, 3.8) is 0 Å². The van der Waals surface area contributed by atoms with Gasteiger partial charge in [-0.3, -0.25) is 9.69 Å². The summed E-state index contributed by atoms with van der Waals surface area (Å²) >= 11 is 1.69. The van der Waals surface area contributed by atoms with Crippen molar-refractivity contribution < 1.29 is 4.79 Å². The number of hydrogen-bond donors (Lipinski definition) is 2. The Morgan fingerprint density at radius 2 is 2.12 bits per heavy atom. The van der Waals surface area contributed by atoms with E-state index in [0.29, 0.717) is 6.54 Å². The monoisotopic (exact) mass is 347 g/mol. The Labute approximate surface area is 150 Å². The molecule has 4 nitrogen and oxygen atoms in total. The van der Waals surface area contributed by atoms with Crippen LogP contribution in [0.15, 0.2) is 41.8 Å². The van der Waals surface area contributed by atoms with Gasteiger partial charge in [0, 0.05) is 10.6 Å². The Morgan fingerprint density at radius 1 is 1.38 bits per heavy atom. The Bertz CT molecular complexity index is 527. The van der Waals surface area contributed by atoms with E-state index in [1.165, 1.54) is 19.3 Å². The van der Waals surface area contributed by atoms with E-state index in [1.54, 1.807) is 11.8 Å². The summed E-state index contributed by atoms with van der Waals surface area (Å²) in [5.41, 5.74) is 0.901. The second-order valence-corrected chi connectivity index (χ2v) is 7.32. The van der Waals surface area contributed by atoms with Crippen LogP contribution in [-0.4, -0.2) is 49.8 Å². The highest BCUT2D eigenvalue weighted by Crippen LogP contribution is 2.27. The van der Waals surface area contributed by atoms with Gasteiger partial charge in [0.2, 0.25) is 5.91 Å². The molecule has 0 spiro atoms. The maximum atomic E-state index is 12.4. The van der Waals surface area contributed by atoms with Crippen LogP contribution in [0.2, 0.25) is 0 Å². The molecule has 0 unspecified atom stereocenters. The average molecular weight is 348 g/mol. The number of benzene rings is 1. The number of carbonyl (C=O) groups is 1. The van der Waals surface area contributed by atoms with Gasteiger partial charge >= 0.3 is 0 Å². The van der Waals surface area contributed by atoms with Crippen molar-refractivity contribution in [3.05, 3.63) is 36.9 Å². The number of para-hydroxylation sites is 1. The van der Waals surface area contributed by atoms with Gasteiger partial charge in [-0.15, -0.1) is 18.3 Å². The third kappa shape index (κ3) is 6.30. The molecule has 0 aromatic heterocycles. The molecule has 0 aliphatic carbocycles. The van der Waals surface area contributed by atoms with Gasteiger partial charge in [-0.05, 0) is 64.0 Å². The number of nitrogens with one attached hydrogen (secondary N) is 2. The molecule has 1 aromatic carbocycles. The summed E-state index contributed by atoms with van der Waals surface area (Å²) in [4.78, 5) is 15.7. The molecule has 0 radical (unpaired) electrons. The van der Waals surface area contributed by atoms with Gasteiger partial charge in [-0.2, -0.15) is 0 Å². The molecule has 1 aromatic rings. The molecular formula is C19H29N3OS. The molecule has 0 atom stereocenters. The summed E-state index contributed by atoms with van der Waals surface area (Å²) in [6.07, 6.45) is 5.51. The molecule has 1 aliphatic rings. The van der Waals surface area contributed by atoms with Gasteiger partial charge in [0.25, 0.3) is 0 Å². The first-order valence-corrected chi connectivity index (χ1v) is 9.71. The van der Waals surface area contributed by atoms with Crippen LogP contribution < -0.4 is 10.6 Å². The van der Waals surface area contributed by atoms with Gasteiger partial charge < -0.3 is 10.6 Å². The van der Waals surface area contributed by atoms with Gasteiger partial charge in [-0.1, -0.05) is 18.2 Å². The van der Waals surface area contributed by atoms with Crippen molar-refractivity contribution in [2.24, 2.45) is 5.92 Å². The molecule has 0 bridgehead atoms. The van der Waals surface area contributed by atoms with E-state index in [-0.39, 0.29) is 5.91 Å². The van der Waals surface area contributed by atoms with Crippen LogP contribution in [0.3, 0.4) is 0 Å². The Morgan fingerprint density at radius 3 is 2.83 bits per heavy atom. The minimum Gasteiger partial charge on any atom is -0.324 e. The molecule has 0 saturated carbocycles. The molecular weight excluding hydrogens is 318 g/mol. The quantitative estimate of drug-likeness (QED) is 0.532. The first-order valence-electron chi connectivity index (χ1n) is 8.72. The molecule has 2 N–H and O–H groups in total. The van der Waals surface area contributed by atoms with Crippen molar-refractivity contribution in [1.82, 2.24) is 10.2 Å². The lowest BCUT2D eigenvalue weighted by Crippen LogP contribution is -2.39. The van der Waals surface area contributed by atoms with E-state index in [2.05, 4.69) is 22.1 Å². The van der Waals surface area contributed by atoms with Gasteiger partial charge in [0.05, 0.1) is 12.2 Å². The fourth-order valence-electron chi connectivity index (χ4n) is 3.02. The molecule has 1 amide bonds. The molecule has 1 saturated heterocycles. The lowest BCUT2D eigenvalue weighted by molar-refractivity contribution is -0.117. The van der Waals surface area contributed by atoms with Crippen LogP contribution >= 0.6 is 11.8 Å². The smallest absolute Gasteiger partial charge is 0.238 e. The highest BCUT2D eigenvalue weighted by Gasteiger charge is 2.20. The second kappa shape index (κ2) is 10.5. The fourth-order valence-corrected chi connectivity index (χ4v) is 3.77. The molecule has 132 valence electrons. The van der Waals surface area contributed by atoms with Gasteiger partial charge in [-0.25, -0.2) is 0 Å². The zero-order valence-electron chi connectivity index (χ0n) is 14.6. The summed E-state index contributed by atoms with van der Waals surface area (Å²) in [5, 5.41) is 6.29. The summed E-state index contributed by atoms with van der Waals surface area (Å²) < 4.78 is 0. The summed E-state index contributed by atoms with van der Waals surface area (Å²) in [6.45, 7) is 7.37. The van der Waals surface area contributed by atoms with E-state index in [9.17, 15) is 4.79 Å². The van der Waals surface area contributed by atoms with Gasteiger partial charge in [0.15, 0.2) is 0 Å². The van der Waals surface area contributed by atoms with E-state index in [0.717, 1.165) is 41.9 Å². The topological polar surface area (TPSA) is 44.4 Å². The van der Waals surface area contributed by atoms with E-state index in [4.69, 9.17) is 0 Å². The maximum absolute atomic E-state index is 12.4. The summed E-state index contributed by atoms with van der Waals surface area (Å²) in [6, 6.07) is 7.96. The number of rotatable bonds is 9. The normalized spacial score (nSPS) is 16.0. The lowest BCUT2D eigenvalue weighted by atomic mass is 9.93. The summed E-state index contributed by atoms with van der Waals surface area (Å²) in [7, 11) is 2.00. The summed E-state index contributed by atoms with van der Waals surface area (Å²) in [5.74, 6) is 1.72. The van der Waals surface area contributed by atoms with Crippen molar-refractivity contribution in [1.29, 1.82) is 0 Å². The number of hydrogen-bond acceptors (Lipinski definition) is 4. The molecule has 24 heavy (non-hydrogen) atoms. The van der Waals surface area contributed by atoms with Crippen molar-refractivity contribution in [3.8, 4) is 0 Å². The molecule has 1 heterocycles. The number of likely N-dealkylation sites (tertiary alicyclic amines) is 1. The molecule has 1 aliphatic heterocycles. The van der Waals surface area contributed by atoms with Crippen molar-refractivity contribution in [2.75, 3.05) is 44.3 Å². The van der Waals surface area contributed by atoms with Gasteiger partial charge in [0.1, 0.15) is 0 Å². The largest absolute Gasteiger partial charge is 0.324 e. The van der Waals surface area contributed by atoms with Crippen LogP contribution in [0.1, 0.15) is 19.3 Å². The first-order chi connectivity index (χ1) is 11.7. The number of anilines is 1. The molecule has 1 fully saturated rings. The molecule has 2 rings (SSSR count). The third-order valence-corrected chi connectivity index (χ3v) is 5.46. The highest BCUT2D eigenvalue weighted by molar-refractivity contribution is 7.99. The SMILES string of the molecule is C=CCSc1ccccc1NC(=O)CN1CCC(CCNC)CC1. The second-order valence-electron chi connectivity index (χ2n) is 6.26. The van der Waals surface area contributed by atoms with Crippen molar-refractivity contribution >= 4 is 23.4 Å². The average Bonchev–Trinajstić information content (AvgIpc) is 2.60. The van der Waals surface area contributed by atoms with E-state index >= 15 is 0 Å². The van der Waals surface area contributed by atoms with Crippen LogP contribution in [0.5, 0.6) is 0 Å². The predicted molar refractivity (Wildman–Crippen MR) is 104 cm³/mol. The number of piperidine rings is 1. The maximum Gasteiger partial charge on any atom is 0.238 e. The first kappa shape index (κ1) is 19.0. The Balaban J connectivity index is 1.79. The third-order valence-electron chi connectivity index (χ3n) is 4.39. The van der Waals surface area contributed by atoms with Crippen LogP contribution in [-0.2, 0) is 4.79 Å². The zero-order chi connectivity index (χ0) is 17.2. The standard InChI is InChI=1S/C19H29N3OS/c1-3-14-24-18-7-5-4-6-17(18)21-19(23)15-22-12-9-16(10-13-22)8-11-20-2/h3-7,16,20H,1,8-15H2,2H3,(H,21,23). The minimum atomic E-state index is 0.0790. The minimum absolute atomic E-state index is 0.0790. The number of thioether (sulfide) groups is 1. The highest BCUT2D eigenvalue weighted by atomic mass is 32.2. The Hall–Kier alpha value is -1.30. The number of nitrogens with zero attached hydrogens (tertiary/aromatic N) is 1. The lowest BCUT2D eigenvalue weighted by Gasteiger charge is -2.31. The molecule has 5 heteroatoms. The number of carbonyl (C=O) groups excluding carboxylic acids is 1. The fraction of sp³-hybridized carbons (Fsp3) is 0.526. The van der Waals surface area contributed by atoms with E-state index < -0.39 is 0 Å². The Kier molecular flexibility index (Phi) is 8.36. The van der Waals surface area contributed by atoms with Crippen LogP contribution in [0.25, 0.3) is 0 Å². The van der Waals surface area contributed by atoms with Crippen molar-refractivity contribution in [2.45, 2.75) is 24.2 Å². The van der Waals surface area contributed by atoms with Crippen LogP contribution in [0.4, 0.5) is 5.69 Å². The van der Waals surface area contributed by atoms with E-state index in [1.807, 2.05) is 37.4 Å². The predicted octanol–water partition coefficient (Wildman–Crippen LogP) is 3.22. The number of amides is 1. The zero-order valence-corrected chi connectivity index (χ0v) is 15.4.